The van der Waals surface area contributed by atoms with Gasteiger partial charge in [0.2, 0.25) is 0 Å². The molecule has 0 fully saturated rings. The molecule has 12 heteroatoms. The molecule has 1 aromatic heterocycles. The molecular formula is C26H22Cl2F2N4O4. The van der Waals surface area contributed by atoms with Crippen LogP contribution in [0.3, 0.4) is 0 Å². The largest absolute Gasteiger partial charge is 0.488 e. The second-order valence-electron chi connectivity index (χ2n) is 8.20. The van der Waals surface area contributed by atoms with Crippen LogP contribution in [-0.2, 0) is 11.3 Å². The zero-order valence-corrected chi connectivity index (χ0v) is 21.7. The number of carbonyl (C=O) groups is 2. The molecule has 0 unspecified atom stereocenters. The van der Waals surface area contributed by atoms with Crippen molar-refractivity contribution in [2.24, 2.45) is 0 Å². The first kappa shape index (κ1) is 27.3. The SMILES string of the molecule is COCc1nc2c(C(=O)Nc3cccc(Cl)c3C)cc(NC(=O)c3cc(OCC(F)F)ccc3Cl)cc2[nH]1. The first-order valence-electron chi connectivity index (χ1n) is 11.3. The second kappa shape index (κ2) is 11.8. The summed E-state index contributed by atoms with van der Waals surface area (Å²) in [6.07, 6.45) is -2.67. The Morgan fingerprint density at radius 1 is 1.03 bits per heavy atom. The van der Waals surface area contributed by atoms with Crippen molar-refractivity contribution < 1.29 is 27.8 Å². The van der Waals surface area contributed by atoms with E-state index in [-0.39, 0.29) is 34.2 Å². The van der Waals surface area contributed by atoms with E-state index in [9.17, 15) is 18.4 Å². The second-order valence-corrected chi connectivity index (χ2v) is 9.02. The molecule has 0 bridgehead atoms. The molecule has 0 spiro atoms. The molecular weight excluding hydrogens is 541 g/mol. The Kier molecular flexibility index (Phi) is 8.45. The fourth-order valence-corrected chi connectivity index (χ4v) is 4.06. The topological polar surface area (TPSA) is 105 Å². The number of aromatic nitrogens is 2. The average molecular weight is 563 g/mol. The number of H-pyrrole nitrogens is 1. The average Bonchev–Trinajstić information content (AvgIpc) is 3.28. The number of hydrogen-bond acceptors (Lipinski definition) is 5. The number of alkyl halides is 2. The minimum Gasteiger partial charge on any atom is -0.488 e. The highest BCUT2D eigenvalue weighted by Crippen LogP contribution is 2.28. The van der Waals surface area contributed by atoms with Crippen LogP contribution in [0.4, 0.5) is 20.2 Å². The first-order chi connectivity index (χ1) is 18.2. The maximum atomic E-state index is 13.3. The zero-order valence-electron chi connectivity index (χ0n) is 20.2. The van der Waals surface area contributed by atoms with Crippen molar-refractivity contribution in [3.8, 4) is 5.75 Å². The van der Waals surface area contributed by atoms with E-state index in [1.807, 2.05) is 0 Å². The van der Waals surface area contributed by atoms with Crippen LogP contribution >= 0.6 is 23.2 Å². The van der Waals surface area contributed by atoms with Gasteiger partial charge < -0.3 is 25.1 Å². The van der Waals surface area contributed by atoms with Gasteiger partial charge in [0.1, 0.15) is 30.3 Å². The van der Waals surface area contributed by atoms with E-state index in [1.165, 1.54) is 31.4 Å². The number of rotatable bonds is 9. The molecule has 0 aliphatic rings. The molecule has 8 nitrogen and oxygen atoms in total. The number of imidazole rings is 1. The number of nitrogens with zero attached hydrogens (tertiary/aromatic N) is 1. The number of aromatic amines is 1. The van der Waals surface area contributed by atoms with E-state index in [0.29, 0.717) is 33.1 Å². The number of anilines is 2. The Morgan fingerprint density at radius 2 is 1.79 bits per heavy atom. The van der Waals surface area contributed by atoms with Crippen LogP contribution in [0.1, 0.15) is 32.1 Å². The van der Waals surface area contributed by atoms with Gasteiger partial charge in [-0.05, 0) is 55.0 Å². The number of nitrogens with one attached hydrogen (secondary N) is 3. The lowest BCUT2D eigenvalue weighted by atomic mass is 10.1. The summed E-state index contributed by atoms with van der Waals surface area (Å²) in [6, 6.07) is 12.2. The van der Waals surface area contributed by atoms with Gasteiger partial charge in [0.05, 0.1) is 21.7 Å². The van der Waals surface area contributed by atoms with Crippen LogP contribution < -0.4 is 15.4 Å². The van der Waals surface area contributed by atoms with Crippen LogP contribution in [0, 0.1) is 6.92 Å². The van der Waals surface area contributed by atoms with E-state index in [2.05, 4.69) is 20.6 Å². The number of fused-ring (bicyclic) bond motifs is 1. The Morgan fingerprint density at radius 3 is 2.53 bits per heavy atom. The van der Waals surface area contributed by atoms with E-state index in [0.717, 1.165) is 0 Å². The first-order valence-corrected chi connectivity index (χ1v) is 12.0. The Labute approximate surface area is 226 Å². The summed E-state index contributed by atoms with van der Waals surface area (Å²) in [6.45, 7) is 1.12. The van der Waals surface area contributed by atoms with Gasteiger partial charge in [-0.3, -0.25) is 9.59 Å². The highest BCUT2D eigenvalue weighted by Gasteiger charge is 2.20. The summed E-state index contributed by atoms with van der Waals surface area (Å²) in [5.74, 6) is -0.575. The summed E-state index contributed by atoms with van der Waals surface area (Å²) in [7, 11) is 1.51. The molecule has 4 aromatic rings. The van der Waals surface area contributed by atoms with Crippen LogP contribution in [0.15, 0.2) is 48.5 Å². The Balaban J connectivity index is 1.68. The van der Waals surface area contributed by atoms with Gasteiger partial charge >= 0.3 is 0 Å². The molecule has 0 aliphatic heterocycles. The zero-order chi connectivity index (χ0) is 27.4. The lowest BCUT2D eigenvalue weighted by Gasteiger charge is -2.13. The molecule has 198 valence electrons. The number of halogens is 4. The Hall–Kier alpha value is -3.73. The van der Waals surface area contributed by atoms with Crippen LogP contribution in [0.5, 0.6) is 5.75 Å². The molecule has 0 saturated heterocycles. The highest BCUT2D eigenvalue weighted by atomic mass is 35.5. The van der Waals surface area contributed by atoms with E-state index >= 15 is 0 Å². The van der Waals surface area contributed by atoms with Gasteiger partial charge in [-0.15, -0.1) is 0 Å². The van der Waals surface area contributed by atoms with E-state index in [4.69, 9.17) is 32.7 Å². The predicted molar refractivity (Wildman–Crippen MR) is 142 cm³/mol. The predicted octanol–water partition coefficient (Wildman–Crippen LogP) is 6.47. The number of ether oxygens (including phenoxy) is 2. The van der Waals surface area contributed by atoms with E-state index in [1.54, 1.807) is 31.2 Å². The van der Waals surface area contributed by atoms with Gasteiger partial charge in [-0.25, -0.2) is 13.8 Å². The van der Waals surface area contributed by atoms with Crippen molar-refractivity contribution in [2.75, 3.05) is 24.4 Å². The van der Waals surface area contributed by atoms with Crippen LogP contribution in [0.25, 0.3) is 11.0 Å². The molecule has 3 N–H and O–H groups in total. The maximum absolute atomic E-state index is 13.3. The lowest BCUT2D eigenvalue weighted by molar-refractivity contribution is 0.0818. The van der Waals surface area contributed by atoms with Crippen molar-refractivity contribution in [1.29, 1.82) is 0 Å². The van der Waals surface area contributed by atoms with E-state index < -0.39 is 24.8 Å². The molecule has 0 radical (unpaired) electrons. The molecule has 3 aromatic carbocycles. The van der Waals surface area contributed by atoms with Crippen molar-refractivity contribution in [2.45, 2.75) is 20.0 Å². The molecule has 0 saturated carbocycles. The third kappa shape index (κ3) is 6.21. The van der Waals surface area contributed by atoms with Crippen molar-refractivity contribution >= 4 is 57.4 Å². The van der Waals surface area contributed by atoms with Crippen molar-refractivity contribution in [3.63, 3.8) is 0 Å². The maximum Gasteiger partial charge on any atom is 0.272 e. The van der Waals surface area contributed by atoms with Gasteiger partial charge in [-0.2, -0.15) is 0 Å². The smallest absolute Gasteiger partial charge is 0.272 e. The number of methoxy groups -OCH3 is 1. The van der Waals surface area contributed by atoms with Gasteiger partial charge in [-0.1, -0.05) is 29.3 Å². The fraction of sp³-hybridized carbons (Fsp3) is 0.192. The number of amides is 2. The molecule has 1 heterocycles. The summed E-state index contributed by atoms with van der Waals surface area (Å²) in [5, 5.41) is 6.11. The van der Waals surface area contributed by atoms with Crippen LogP contribution in [0.2, 0.25) is 10.0 Å². The van der Waals surface area contributed by atoms with Gasteiger partial charge in [0.15, 0.2) is 0 Å². The minimum absolute atomic E-state index is 0.00349. The molecule has 38 heavy (non-hydrogen) atoms. The standard InChI is InChI=1S/C26H22Cl2F2N4O4/c1-13-18(27)4-3-5-20(13)33-26(36)17-8-14(9-21-24(17)34-23(32-21)12-37-2)31-25(35)16-10-15(6-7-19(16)28)38-11-22(29)30/h3-10,22H,11-12H2,1-2H3,(H,31,35)(H,32,34)(H,33,36). The van der Waals surface area contributed by atoms with Gasteiger partial charge in [0, 0.05) is 23.5 Å². The number of benzene rings is 3. The summed E-state index contributed by atoms with van der Waals surface area (Å²) in [4.78, 5) is 33.9. The normalized spacial score (nSPS) is 11.1. The monoisotopic (exact) mass is 562 g/mol. The minimum atomic E-state index is -2.67. The Bertz CT molecular complexity index is 1510. The summed E-state index contributed by atoms with van der Waals surface area (Å²) in [5.41, 5.74) is 2.49. The number of carbonyl (C=O) groups excluding carboxylic acids is 2. The quantitative estimate of drug-likeness (QED) is 0.217. The number of hydrogen-bond donors (Lipinski definition) is 3. The third-order valence-corrected chi connectivity index (χ3v) is 6.23. The molecule has 0 aliphatic carbocycles. The highest BCUT2D eigenvalue weighted by molar-refractivity contribution is 6.34. The molecule has 4 rings (SSSR count). The molecule has 0 atom stereocenters. The van der Waals surface area contributed by atoms with Crippen LogP contribution in [-0.4, -0.2) is 41.9 Å². The molecule has 2 amide bonds. The van der Waals surface area contributed by atoms with Crippen molar-refractivity contribution in [1.82, 2.24) is 9.97 Å². The summed E-state index contributed by atoms with van der Waals surface area (Å²) >= 11 is 12.4. The lowest BCUT2D eigenvalue weighted by Crippen LogP contribution is -2.16. The fourth-order valence-electron chi connectivity index (χ4n) is 3.68. The summed E-state index contributed by atoms with van der Waals surface area (Å²) < 4.78 is 35.2. The third-order valence-electron chi connectivity index (χ3n) is 5.49. The van der Waals surface area contributed by atoms with Crippen molar-refractivity contribution in [3.05, 3.63) is 81.1 Å². The van der Waals surface area contributed by atoms with Gasteiger partial charge in [0.25, 0.3) is 18.2 Å².